The monoisotopic (exact) mass is 699 g/mol. The lowest BCUT2D eigenvalue weighted by atomic mass is 10.0. The van der Waals surface area contributed by atoms with Gasteiger partial charge in [-0.1, -0.05) is 18.1 Å². The highest BCUT2D eigenvalue weighted by molar-refractivity contribution is 6.07. The number of aromatic nitrogens is 3. The summed E-state index contributed by atoms with van der Waals surface area (Å²) in [6.45, 7) is 2.87. The first-order valence-corrected chi connectivity index (χ1v) is 16.5. The number of rotatable bonds is 15. The number of pyridine rings is 1. The zero-order valence-electron chi connectivity index (χ0n) is 28.3. The molecule has 0 bridgehead atoms. The van der Waals surface area contributed by atoms with E-state index < -0.39 is 23.9 Å². The fourth-order valence-corrected chi connectivity index (χ4v) is 5.26. The summed E-state index contributed by atoms with van der Waals surface area (Å²) in [5.41, 5.74) is 15.0. The number of methoxy groups -OCH3 is 1. The molecule has 51 heavy (non-hydrogen) atoms. The molecule has 268 valence electrons. The van der Waals surface area contributed by atoms with Crippen LogP contribution in [0.4, 0.5) is 11.5 Å². The number of amides is 1. The molecule has 0 saturated carbocycles. The lowest BCUT2D eigenvalue weighted by Crippen LogP contribution is -2.41. The van der Waals surface area contributed by atoms with E-state index in [-0.39, 0.29) is 43.3 Å². The predicted octanol–water partition coefficient (Wildman–Crippen LogP) is 2.20. The van der Waals surface area contributed by atoms with Gasteiger partial charge in [0.15, 0.2) is 5.84 Å². The van der Waals surface area contributed by atoms with Gasteiger partial charge in [0.1, 0.15) is 23.7 Å². The molecule has 16 heteroatoms. The van der Waals surface area contributed by atoms with Crippen molar-refractivity contribution in [1.29, 1.82) is 0 Å². The summed E-state index contributed by atoms with van der Waals surface area (Å²) in [7, 11) is 1.30. The standard InChI is InChI=1S/C35H41N9O7/c1-21(20-50-34(47)26-6-5-16-38-26)31(36)35(48)51-43-32(37)22-8-11-24(12-9-22)40-19-28-41-25-13-10-23(18-27(25)42-28)33(46)44(17-14-30(45)49-2)29-7-3-4-15-39-29/h3-4,7-13,15,18,21,26,31,38,40H,5-6,14,16-17,19-20,36H2,1-2H3,(H2,37,43)(H,41,42). The number of nitrogens with zero attached hydrogens (tertiary/aromatic N) is 4. The highest BCUT2D eigenvalue weighted by Crippen LogP contribution is 2.20. The van der Waals surface area contributed by atoms with Crippen molar-refractivity contribution in [3.8, 4) is 0 Å². The topological polar surface area (TPSA) is 229 Å². The van der Waals surface area contributed by atoms with Crippen LogP contribution in [0.5, 0.6) is 0 Å². The number of benzene rings is 2. The third kappa shape index (κ3) is 9.64. The minimum absolute atomic E-state index is 0.0165. The smallest absolute Gasteiger partial charge is 0.352 e. The van der Waals surface area contributed by atoms with Gasteiger partial charge in [0.2, 0.25) is 0 Å². The molecular weight excluding hydrogens is 658 g/mol. The second kappa shape index (κ2) is 17.2. The number of ether oxygens (including phenoxy) is 2. The molecule has 5 rings (SSSR count). The number of hydrogen-bond donors (Lipinski definition) is 5. The van der Waals surface area contributed by atoms with E-state index in [0.29, 0.717) is 40.3 Å². The molecule has 0 aliphatic carbocycles. The summed E-state index contributed by atoms with van der Waals surface area (Å²) < 4.78 is 10.0. The van der Waals surface area contributed by atoms with E-state index in [1.807, 2.05) is 0 Å². The maximum Gasteiger partial charge on any atom is 0.352 e. The second-order valence-corrected chi connectivity index (χ2v) is 12.0. The molecule has 2 aromatic heterocycles. The first-order chi connectivity index (χ1) is 24.6. The van der Waals surface area contributed by atoms with Crippen LogP contribution in [-0.4, -0.2) is 83.5 Å². The summed E-state index contributed by atoms with van der Waals surface area (Å²) in [6.07, 6.45) is 3.22. The van der Waals surface area contributed by atoms with E-state index in [1.54, 1.807) is 73.8 Å². The summed E-state index contributed by atoms with van der Waals surface area (Å²) in [5, 5.41) is 10.1. The highest BCUT2D eigenvalue weighted by Gasteiger charge is 2.28. The maximum absolute atomic E-state index is 13.5. The lowest BCUT2D eigenvalue weighted by Gasteiger charge is -2.21. The average molecular weight is 700 g/mol. The van der Waals surface area contributed by atoms with Crippen molar-refractivity contribution in [3.05, 3.63) is 83.8 Å². The molecule has 3 heterocycles. The molecule has 7 N–H and O–H groups in total. The average Bonchev–Trinajstić information content (AvgIpc) is 3.85. The largest absolute Gasteiger partial charge is 0.469 e. The molecular formula is C35H41N9O7. The van der Waals surface area contributed by atoms with Crippen molar-refractivity contribution >= 4 is 52.2 Å². The van der Waals surface area contributed by atoms with E-state index in [2.05, 4.69) is 30.7 Å². The molecule has 1 amide bonds. The molecule has 1 aliphatic heterocycles. The van der Waals surface area contributed by atoms with Crippen molar-refractivity contribution in [1.82, 2.24) is 20.3 Å². The van der Waals surface area contributed by atoms with Crippen molar-refractivity contribution in [2.24, 2.45) is 22.5 Å². The van der Waals surface area contributed by atoms with Crippen molar-refractivity contribution in [3.63, 3.8) is 0 Å². The number of imidazole rings is 1. The van der Waals surface area contributed by atoms with Gasteiger partial charge in [0, 0.05) is 35.5 Å². The number of hydrogen-bond acceptors (Lipinski definition) is 13. The molecule has 16 nitrogen and oxygen atoms in total. The minimum atomic E-state index is -1.07. The Bertz CT molecular complexity index is 1860. The number of esters is 2. The Morgan fingerprint density at radius 1 is 1.10 bits per heavy atom. The van der Waals surface area contributed by atoms with E-state index >= 15 is 0 Å². The zero-order valence-corrected chi connectivity index (χ0v) is 28.3. The number of carbonyl (C=O) groups excluding carboxylic acids is 4. The van der Waals surface area contributed by atoms with Gasteiger partial charge in [-0.05, 0) is 74.0 Å². The van der Waals surface area contributed by atoms with E-state index in [4.69, 9.17) is 25.8 Å². The third-order valence-electron chi connectivity index (χ3n) is 8.31. The van der Waals surface area contributed by atoms with Crippen LogP contribution in [0.1, 0.15) is 47.9 Å². The summed E-state index contributed by atoms with van der Waals surface area (Å²) in [6, 6.07) is 15.9. The van der Waals surface area contributed by atoms with Crippen molar-refractivity contribution in [2.75, 3.05) is 37.0 Å². The molecule has 3 unspecified atom stereocenters. The van der Waals surface area contributed by atoms with Crippen LogP contribution >= 0.6 is 0 Å². The fourth-order valence-electron chi connectivity index (χ4n) is 5.26. The summed E-state index contributed by atoms with van der Waals surface area (Å²) in [4.78, 5) is 68.4. The Morgan fingerprint density at radius 3 is 2.59 bits per heavy atom. The zero-order chi connectivity index (χ0) is 36.3. The second-order valence-electron chi connectivity index (χ2n) is 12.0. The van der Waals surface area contributed by atoms with Crippen LogP contribution in [0.3, 0.4) is 0 Å². The first kappa shape index (κ1) is 36.4. The van der Waals surface area contributed by atoms with Crippen molar-refractivity contribution < 1.29 is 33.5 Å². The van der Waals surface area contributed by atoms with Gasteiger partial charge in [-0.25, -0.2) is 14.8 Å². The quantitative estimate of drug-likeness (QED) is 0.0395. The highest BCUT2D eigenvalue weighted by atomic mass is 16.7. The SMILES string of the molecule is COC(=O)CCN(C(=O)c1ccc2nc(CNc3ccc(/C(N)=N/OC(=O)C(N)C(C)COC(=O)C4CCCN4)cc3)[nH]c2c1)c1ccccn1. The predicted molar refractivity (Wildman–Crippen MR) is 188 cm³/mol. The number of aromatic amines is 1. The van der Waals surface area contributed by atoms with E-state index in [1.165, 1.54) is 12.0 Å². The van der Waals surface area contributed by atoms with Gasteiger partial charge in [0.05, 0.1) is 37.7 Å². The number of anilines is 2. The molecule has 4 aromatic rings. The van der Waals surface area contributed by atoms with Crippen LogP contribution < -0.4 is 27.0 Å². The Morgan fingerprint density at radius 2 is 1.88 bits per heavy atom. The molecule has 1 aliphatic rings. The Kier molecular flexibility index (Phi) is 12.3. The Balaban J connectivity index is 1.13. The van der Waals surface area contributed by atoms with E-state index in [9.17, 15) is 19.2 Å². The number of amidine groups is 1. The van der Waals surface area contributed by atoms with Gasteiger partial charge in [-0.2, -0.15) is 0 Å². The molecule has 1 saturated heterocycles. The Labute approximate surface area is 293 Å². The van der Waals surface area contributed by atoms with Gasteiger partial charge in [-0.3, -0.25) is 19.3 Å². The number of oxime groups is 1. The van der Waals surface area contributed by atoms with E-state index in [0.717, 1.165) is 25.1 Å². The lowest BCUT2D eigenvalue weighted by molar-refractivity contribution is -0.152. The van der Waals surface area contributed by atoms with Gasteiger partial charge in [-0.15, -0.1) is 0 Å². The van der Waals surface area contributed by atoms with Gasteiger partial charge in [0.25, 0.3) is 5.91 Å². The summed E-state index contributed by atoms with van der Waals surface area (Å²) >= 11 is 0. The number of carbonyl (C=O) groups is 4. The minimum Gasteiger partial charge on any atom is -0.469 e. The first-order valence-electron chi connectivity index (χ1n) is 16.5. The number of nitrogens with two attached hydrogens (primary N) is 2. The normalized spacial score (nSPS) is 15.5. The molecule has 0 radical (unpaired) electrons. The maximum atomic E-state index is 13.5. The van der Waals surface area contributed by atoms with Crippen LogP contribution in [-0.2, 0) is 35.2 Å². The Hall–Kier alpha value is -5.87. The van der Waals surface area contributed by atoms with Gasteiger partial charge >= 0.3 is 17.9 Å². The van der Waals surface area contributed by atoms with Crippen LogP contribution in [0, 0.1) is 5.92 Å². The summed E-state index contributed by atoms with van der Waals surface area (Å²) in [5.74, 6) is -1.38. The number of H-pyrrole nitrogens is 1. The number of fused-ring (bicyclic) bond motifs is 1. The third-order valence-corrected chi connectivity index (χ3v) is 8.31. The molecule has 1 fully saturated rings. The van der Waals surface area contributed by atoms with Crippen LogP contribution in [0.25, 0.3) is 11.0 Å². The van der Waals surface area contributed by atoms with Crippen molar-refractivity contribution in [2.45, 2.75) is 44.8 Å². The molecule has 3 atom stereocenters. The van der Waals surface area contributed by atoms with Gasteiger partial charge < -0.3 is 41.4 Å². The molecule has 0 spiro atoms. The number of nitrogens with one attached hydrogen (secondary N) is 3. The van der Waals surface area contributed by atoms with Crippen LogP contribution in [0.15, 0.2) is 72.0 Å². The molecule has 2 aromatic carbocycles. The fraction of sp³-hybridized carbons (Fsp3) is 0.343. The van der Waals surface area contributed by atoms with Crippen LogP contribution in [0.2, 0.25) is 0 Å².